The molecule has 1 aromatic carbocycles. The van der Waals surface area contributed by atoms with Crippen LogP contribution in [0.3, 0.4) is 0 Å². The first-order valence-corrected chi connectivity index (χ1v) is 7.39. The molecule has 1 aromatic heterocycles. The van der Waals surface area contributed by atoms with Crippen LogP contribution in [0.2, 0.25) is 0 Å². The highest BCUT2D eigenvalue weighted by atomic mass is 15.3. The Morgan fingerprint density at radius 1 is 1.14 bits per heavy atom. The molecule has 2 heterocycles. The van der Waals surface area contributed by atoms with Gasteiger partial charge in [0.2, 0.25) is 5.96 Å². The predicted molar refractivity (Wildman–Crippen MR) is 86.9 cm³/mol. The third-order valence-corrected chi connectivity index (χ3v) is 3.68. The monoisotopic (exact) mass is 280 g/mol. The molecule has 1 saturated heterocycles. The Balaban J connectivity index is 1.89. The Morgan fingerprint density at radius 2 is 1.95 bits per heavy atom. The van der Waals surface area contributed by atoms with Gasteiger partial charge in [-0.1, -0.05) is 18.2 Å². The number of aliphatic imine (C=N–C) groups is 1. The minimum atomic E-state index is 0.875. The zero-order chi connectivity index (χ0) is 14.5. The standard InChI is InChI=1S/C17H20N4/c1-14-7-2-3-9-16(14)20-17(21-11-4-5-12-21)19-15-8-6-10-18-13-15/h2-3,6-10,13H,4-5,11-12H2,1H3,(H,19,20). The summed E-state index contributed by atoms with van der Waals surface area (Å²) in [4.78, 5) is 11.2. The molecule has 2 aromatic rings. The van der Waals surface area contributed by atoms with E-state index in [-0.39, 0.29) is 0 Å². The van der Waals surface area contributed by atoms with Crippen LogP contribution < -0.4 is 5.32 Å². The Labute approximate surface area is 125 Å². The summed E-state index contributed by atoms with van der Waals surface area (Å²) in [5.74, 6) is 0.912. The van der Waals surface area contributed by atoms with Gasteiger partial charge in [-0.15, -0.1) is 0 Å². The fourth-order valence-corrected chi connectivity index (χ4v) is 2.48. The number of nitrogens with one attached hydrogen (secondary N) is 1. The Morgan fingerprint density at radius 3 is 2.67 bits per heavy atom. The number of anilines is 1. The fourth-order valence-electron chi connectivity index (χ4n) is 2.48. The van der Waals surface area contributed by atoms with Gasteiger partial charge >= 0.3 is 0 Å². The highest BCUT2D eigenvalue weighted by Crippen LogP contribution is 2.18. The van der Waals surface area contributed by atoms with Crippen LogP contribution in [0.15, 0.2) is 53.8 Å². The molecule has 0 saturated carbocycles. The van der Waals surface area contributed by atoms with E-state index in [1.54, 1.807) is 12.4 Å². The zero-order valence-corrected chi connectivity index (χ0v) is 12.3. The maximum absolute atomic E-state index is 4.75. The fraction of sp³-hybridized carbons (Fsp3) is 0.294. The van der Waals surface area contributed by atoms with Crippen LogP contribution in [0.4, 0.5) is 11.4 Å². The maximum atomic E-state index is 4.75. The summed E-state index contributed by atoms with van der Waals surface area (Å²) >= 11 is 0. The topological polar surface area (TPSA) is 40.5 Å². The lowest BCUT2D eigenvalue weighted by Crippen LogP contribution is -2.34. The lowest BCUT2D eigenvalue weighted by atomic mass is 10.2. The molecule has 4 nitrogen and oxygen atoms in total. The number of aryl methyl sites for hydroxylation is 1. The van der Waals surface area contributed by atoms with Gasteiger partial charge in [-0.05, 0) is 43.5 Å². The van der Waals surface area contributed by atoms with Gasteiger partial charge in [0.25, 0.3) is 0 Å². The van der Waals surface area contributed by atoms with Gasteiger partial charge in [-0.25, -0.2) is 4.99 Å². The van der Waals surface area contributed by atoms with E-state index in [4.69, 9.17) is 4.99 Å². The van der Waals surface area contributed by atoms with E-state index in [1.165, 1.54) is 18.4 Å². The second kappa shape index (κ2) is 6.39. The number of hydrogen-bond acceptors (Lipinski definition) is 2. The maximum Gasteiger partial charge on any atom is 0.203 e. The van der Waals surface area contributed by atoms with Gasteiger partial charge in [0, 0.05) is 25.0 Å². The normalized spacial score (nSPS) is 15.3. The summed E-state index contributed by atoms with van der Waals surface area (Å²) in [6.07, 6.45) is 6.00. The number of pyridine rings is 1. The molecule has 0 bridgehead atoms. The van der Waals surface area contributed by atoms with Gasteiger partial charge in [0.05, 0.1) is 11.9 Å². The molecular formula is C17H20N4. The third-order valence-electron chi connectivity index (χ3n) is 3.68. The van der Waals surface area contributed by atoms with Gasteiger partial charge in [-0.3, -0.25) is 4.98 Å². The highest BCUT2D eigenvalue weighted by Gasteiger charge is 2.17. The van der Waals surface area contributed by atoms with Crippen LogP contribution >= 0.6 is 0 Å². The molecule has 0 aliphatic carbocycles. The van der Waals surface area contributed by atoms with E-state index in [9.17, 15) is 0 Å². The number of benzene rings is 1. The molecule has 21 heavy (non-hydrogen) atoms. The van der Waals surface area contributed by atoms with E-state index in [1.807, 2.05) is 24.3 Å². The molecule has 0 unspecified atom stereocenters. The van der Waals surface area contributed by atoms with Crippen molar-refractivity contribution in [3.05, 3.63) is 54.4 Å². The molecule has 0 radical (unpaired) electrons. The summed E-state index contributed by atoms with van der Waals surface area (Å²) < 4.78 is 0. The van der Waals surface area contributed by atoms with Crippen molar-refractivity contribution in [2.45, 2.75) is 19.8 Å². The number of aromatic nitrogens is 1. The lowest BCUT2D eigenvalue weighted by Gasteiger charge is -2.22. The molecular weight excluding hydrogens is 260 g/mol. The Bertz CT molecular complexity index is 616. The summed E-state index contributed by atoms with van der Waals surface area (Å²) in [5.41, 5.74) is 3.20. The minimum Gasteiger partial charge on any atom is -0.342 e. The summed E-state index contributed by atoms with van der Waals surface area (Å²) in [6, 6.07) is 12.2. The van der Waals surface area contributed by atoms with Crippen molar-refractivity contribution in [1.82, 2.24) is 9.88 Å². The number of rotatable bonds is 2. The molecule has 0 amide bonds. The van der Waals surface area contributed by atoms with E-state index in [0.29, 0.717) is 0 Å². The Hall–Kier alpha value is -2.36. The van der Waals surface area contributed by atoms with Crippen LogP contribution in [0.1, 0.15) is 18.4 Å². The summed E-state index contributed by atoms with van der Waals surface area (Å²) in [5, 5.41) is 3.49. The average Bonchev–Trinajstić information content (AvgIpc) is 3.04. The van der Waals surface area contributed by atoms with Crippen LogP contribution in [-0.2, 0) is 0 Å². The molecule has 0 atom stereocenters. The predicted octanol–water partition coefficient (Wildman–Crippen LogP) is 3.59. The lowest BCUT2D eigenvalue weighted by molar-refractivity contribution is 0.518. The van der Waals surface area contributed by atoms with E-state index in [0.717, 1.165) is 30.4 Å². The largest absolute Gasteiger partial charge is 0.342 e. The van der Waals surface area contributed by atoms with Crippen LogP contribution in [0.25, 0.3) is 0 Å². The summed E-state index contributed by atoms with van der Waals surface area (Å²) in [7, 11) is 0. The molecule has 3 rings (SSSR count). The number of nitrogens with zero attached hydrogens (tertiary/aromatic N) is 3. The quantitative estimate of drug-likeness (QED) is 0.675. The SMILES string of the molecule is Cc1ccccc1NC(=Nc1cccnc1)N1CCCC1. The second-order valence-corrected chi connectivity index (χ2v) is 5.28. The van der Waals surface area contributed by atoms with Crippen LogP contribution in [0.5, 0.6) is 0 Å². The zero-order valence-electron chi connectivity index (χ0n) is 12.3. The summed E-state index contributed by atoms with van der Waals surface area (Å²) in [6.45, 7) is 4.21. The molecule has 4 heteroatoms. The first-order chi connectivity index (χ1) is 10.3. The second-order valence-electron chi connectivity index (χ2n) is 5.28. The molecule has 1 aliphatic heterocycles. The van der Waals surface area contributed by atoms with Crippen LogP contribution in [-0.4, -0.2) is 28.9 Å². The molecule has 0 spiro atoms. The molecule has 1 fully saturated rings. The van der Waals surface area contributed by atoms with Crippen molar-refractivity contribution in [3.8, 4) is 0 Å². The number of hydrogen-bond donors (Lipinski definition) is 1. The molecule has 1 aliphatic rings. The highest BCUT2D eigenvalue weighted by molar-refractivity contribution is 5.96. The van der Waals surface area contributed by atoms with Gasteiger partial charge in [0.1, 0.15) is 0 Å². The van der Waals surface area contributed by atoms with Gasteiger partial charge in [-0.2, -0.15) is 0 Å². The van der Waals surface area contributed by atoms with E-state index < -0.39 is 0 Å². The smallest absolute Gasteiger partial charge is 0.203 e. The number of para-hydroxylation sites is 1. The van der Waals surface area contributed by atoms with Gasteiger partial charge < -0.3 is 10.2 Å². The van der Waals surface area contributed by atoms with Crippen LogP contribution in [0, 0.1) is 6.92 Å². The molecule has 1 N–H and O–H groups in total. The van der Waals surface area contributed by atoms with Crippen molar-refractivity contribution in [3.63, 3.8) is 0 Å². The molecule has 108 valence electrons. The van der Waals surface area contributed by atoms with Crippen molar-refractivity contribution in [2.24, 2.45) is 4.99 Å². The number of guanidine groups is 1. The van der Waals surface area contributed by atoms with Gasteiger partial charge in [0.15, 0.2) is 0 Å². The van der Waals surface area contributed by atoms with Crippen molar-refractivity contribution in [2.75, 3.05) is 18.4 Å². The number of likely N-dealkylation sites (tertiary alicyclic amines) is 1. The van der Waals surface area contributed by atoms with Crippen molar-refractivity contribution < 1.29 is 0 Å². The van der Waals surface area contributed by atoms with E-state index in [2.05, 4.69) is 34.3 Å². The minimum absolute atomic E-state index is 0.875. The van der Waals surface area contributed by atoms with Crippen molar-refractivity contribution in [1.29, 1.82) is 0 Å². The third kappa shape index (κ3) is 3.40. The first-order valence-electron chi connectivity index (χ1n) is 7.39. The van der Waals surface area contributed by atoms with E-state index >= 15 is 0 Å². The average molecular weight is 280 g/mol. The van der Waals surface area contributed by atoms with Crippen molar-refractivity contribution >= 4 is 17.3 Å². The first kappa shape index (κ1) is 13.6. The Kier molecular flexibility index (Phi) is 4.15.